The van der Waals surface area contributed by atoms with Crippen LogP contribution in [0.3, 0.4) is 0 Å². The highest BCUT2D eigenvalue weighted by atomic mass is 16.5. The molecule has 2 rings (SSSR count). The van der Waals surface area contributed by atoms with Gasteiger partial charge in [0.2, 0.25) is 0 Å². The second-order valence-electron chi connectivity index (χ2n) is 5.21. The van der Waals surface area contributed by atoms with E-state index in [2.05, 4.69) is 10.6 Å². The van der Waals surface area contributed by atoms with Gasteiger partial charge in [-0.1, -0.05) is 0 Å². The average molecular weight is 305 g/mol. The highest BCUT2D eigenvalue weighted by Crippen LogP contribution is 2.27. The summed E-state index contributed by atoms with van der Waals surface area (Å²) in [7, 11) is 1.54. The molecule has 118 valence electrons. The van der Waals surface area contributed by atoms with E-state index in [1.54, 1.807) is 33.1 Å². The summed E-state index contributed by atoms with van der Waals surface area (Å²) >= 11 is 0. The Bertz CT molecular complexity index is 613. The van der Waals surface area contributed by atoms with E-state index in [1.807, 2.05) is 0 Å². The summed E-state index contributed by atoms with van der Waals surface area (Å²) in [6.45, 7) is 4.36. The molecule has 0 saturated heterocycles. The van der Waals surface area contributed by atoms with Crippen LogP contribution in [0.2, 0.25) is 0 Å². The quantitative estimate of drug-likeness (QED) is 0.637. The molecule has 0 aliphatic carbocycles. The molecule has 0 radical (unpaired) electrons. The summed E-state index contributed by atoms with van der Waals surface area (Å²) in [5.41, 5.74) is 1.14. The number of rotatable bonds is 5. The fourth-order valence-electron chi connectivity index (χ4n) is 2.25. The van der Waals surface area contributed by atoms with E-state index in [0.717, 1.165) is 0 Å². The molecule has 1 aliphatic heterocycles. The summed E-state index contributed by atoms with van der Waals surface area (Å²) in [5.74, 6) is -0.635. The molecule has 1 aromatic carbocycles. The predicted octanol–water partition coefficient (Wildman–Crippen LogP) is 1.46. The van der Waals surface area contributed by atoms with Crippen molar-refractivity contribution in [2.45, 2.75) is 19.9 Å². The average Bonchev–Trinajstić information content (AvgIpc) is 2.71. The SMILES string of the molecule is COCCNC(=O)Nc1ccc2c(c1)C(=O)N(C(C)C)C2=O. The Hall–Kier alpha value is -2.41. The van der Waals surface area contributed by atoms with E-state index >= 15 is 0 Å². The van der Waals surface area contributed by atoms with E-state index in [9.17, 15) is 14.4 Å². The zero-order valence-electron chi connectivity index (χ0n) is 12.8. The van der Waals surface area contributed by atoms with Crippen LogP contribution in [-0.4, -0.2) is 49.0 Å². The molecule has 22 heavy (non-hydrogen) atoms. The fraction of sp³-hybridized carbons (Fsp3) is 0.400. The molecule has 0 atom stereocenters. The summed E-state index contributed by atoms with van der Waals surface area (Å²) in [6.07, 6.45) is 0. The number of urea groups is 1. The van der Waals surface area contributed by atoms with Crippen molar-refractivity contribution in [2.75, 3.05) is 25.6 Å². The third-order valence-corrected chi connectivity index (χ3v) is 3.28. The Morgan fingerprint density at radius 1 is 1.23 bits per heavy atom. The first-order valence-electron chi connectivity index (χ1n) is 7.01. The van der Waals surface area contributed by atoms with Crippen molar-refractivity contribution in [1.82, 2.24) is 10.2 Å². The Morgan fingerprint density at radius 2 is 1.91 bits per heavy atom. The van der Waals surface area contributed by atoms with Gasteiger partial charge in [0.1, 0.15) is 0 Å². The Labute approximate surface area is 128 Å². The molecule has 0 spiro atoms. The fourth-order valence-corrected chi connectivity index (χ4v) is 2.25. The first-order valence-corrected chi connectivity index (χ1v) is 7.01. The van der Waals surface area contributed by atoms with Gasteiger partial charge in [-0.2, -0.15) is 0 Å². The maximum absolute atomic E-state index is 12.3. The first kappa shape index (κ1) is 16.0. The van der Waals surface area contributed by atoms with Crippen molar-refractivity contribution in [2.24, 2.45) is 0 Å². The van der Waals surface area contributed by atoms with E-state index in [0.29, 0.717) is 30.0 Å². The molecule has 0 saturated carbocycles. The number of amides is 4. The van der Waals surface area contributed by atoms with E-state index < -0.39 is 6.03 Å². The van der Waals surface area contributed by atoms with Crippen LogP contribution in [0.5, 0.6) is 0 Å². The van der Waals surface area contributed by atoms with Gasteiger partial charge in [0.05, 0.1) is 17.7 Å². The van der Waals surface area contributed by atoms with Crippen molar-refractivity contribution in [1.29, 1.82) is 0 Å². The molecule has 4 amide bonds. The number of benzene rings is 1. The number of methoxy groups -OCH3 is 1. The minimum atomic E-state index is -0.394. The number of ether oxygens (including phenoxy) is 1. The maximum Gasteiger partial charge on any atom is 0.319 e. The van der Waals surface area contributed by atoms with Gasteiger partial charge in [-0.3, -0.25) is 14.5 Å². The molecule has 2 N–H and O–H groups in total. The van der Waals surface area contributed by atoms with Crippen LogP contribution in [0.15, 0.2) is 18.2 Å². The molecule has 7 heteroatoms. The minimum absolute atomic E-state index is 0.207. The highest BCUT2D eigenvalue weighted by Gasteiger charge is 2.37. The number of carbonyl (C=O) groups is 3. The largest absolute Gasteiger partial charge is 0.383 e. The third-order valence-electron chi connectivity index (χ3n) is 3.28. The lowest BCUT2D eigenvalue weighted by Gasteiger charge is -2.17. The van der Waals surface area contributed by atoms with Gasteiger partial charge in [0.25, 0.3) is 11.8 Å². The summed E-state index contributed by atoms with van der Waals surface area (Å²) in [4.78, 5) is 37.3. The number of anilines is 1. The lowest BCUT2D eigenvalue weighted by Crippen LogP contribution is -2.35. The molecule has 1 aromatic rings. The van der Waals surface area contributed by atoms with Crippen LogP contribution < -0.4 is 10.6 Å². The number of fused-ring (bicyclic) bond motifs is 1. The number of nitrogens with one attached hydrogen (secondary N) is 2. The van der Waals surface area contributed by atoms with Crippen LogP contribution in [0.25, 0.3) is 0 Å². The summed E-state index contributed by atoms with van der Waals surface area (Å²) in [6, 6.07) is 4.08. The first-order chi connectivity index (χ1) is 10.5. The van der Waals surface area contributed by atoms with Crippen LogP contribution >= 0.6 is 0 Å². The molecule has 1 aliphatic rings. The zero-order valence-corrected chi connectivity index (χ0v) is 12.8. The van der Waals surface area contributed by atoms with Crippen molar-refractivity contribution in [3.63, 3.8) is 0 Å². The normalized spacial score (nSPS) is 13.5. The third kappa shape index (κ3) is 3.09. The van der Waals surface area contributed by atoms with E-state index in [-0.39, 0.29) is 17.9 Å². The number of carbonyl (C=O) groups excluding carboxylic acids is 3. The van der Waals surface area contributed by atoms with Crippen molar-refractivity contribution in [3.05, 3.63) is 29.3 Å². The predicted molar refractivity (Wildman–Crippen MR) is 81.0 cm³/mol. The molecule has 0 fully saturated rings. The van der Waals surface area contributed by atoms with Crippen molar-refractivity contribution >= 4 is 23.5 Å². The second-order valence-corrected chi connectivity index (χ2v) is 5.21. The number of imide groups is 1. The molecular formula is C15H19N3O4. The van der Waals surface area contributed by atoms with Crippen LogP contribution in [0, 0.1) is 0 Å². The zero-order chi connectivity index (χ0) is 16.3. The van der Waals surface area contributed by atoms with E-state index in [1.165, 1.54) is 11.0 Å². The Balaban J connectivity index is 2.12. The Morgan fingerprint density at radius 3 is 2.55 bits per heavy atom. The lowest BCUT2D eigenvalue weighted by atomic mass is 10.1. The second kappa shape index (κ2) is 6.57. The smallest absolute Gasteiger partial charge is 0.319 e. The van der Waals surface area contributed by atoms with Crippen LogP contribution in [0.4, 0.5) is 10.5 Å². The summed E-state index contributed by atoms with van der Waals surface area (Å²) < 4.78 is 4.83. The van der Waals surface area contributed by atoms with Gasteiger partial charge >= 0.3 is 6.03 Å². The molecule has 0 unspecified atom stereocenters. The van der Waals surface area contributed by atoms with Gasteiger partial charge in [-0.05, 0) is 32.0 Å². The molecule has 1 heterocycles. The van der Waals surface area contributed by atoms with Crippen LogP contribution in [-0.2, 0) is 4.74 Å². The number of hydrogen-bond donors (Lipinski definition) is 2. The van der Waals surface area contributed by atoms with Gasteiger partial charge in [0, 0.05) is 25.4 Å². The molecular weight excluding hydrogens is 286 g/mol. The Kier molecular flexibility index (Phi) is 4.77. The van der Waals surface area contributed by atoms with E-state index in [4.69, 9.17) is 4.74 Å². The topological polar surface area (TPSA) is 87.7 Å². The number of nitrogens with zero attached hydrogens (tertiary/aromatic N) is 1. The summed E-state index contributed by atoms with van der Waals surface area (Å²) in [5, 5.41) is 5.23. The lowest BCUT2D eigenvalue weighted by molar-refractivity contribution is 0.0609. The monoisotopic (exact) mass is 305 g/mol. The maximum atomic E-state index is 12.3. The van der Waals surface area contributed by atoms with Crippen LogP contribution in [0.1, 0.15) is 34.6 Å². The van der Waals surface area contributed by atoms with Gasteiger partial charge in [-0.25, -0.2) is 4.79 Å². The minimum Gasteiger partial charge on any atom is -0.383 e. The van der Waals surface area contributed by atoms with Gasteiger partial charge in [0.15, 0.2) is 0 Å². The van der Waals surface area contributed by atoms with Crippen molar-refractivity contribution < 1.29 is 19.1 Å². The number of hydrogen-bond acceptors (Lipinski definition) is 4. The van der Waals surface area contributed by atoms with Gasteiger partial charge < -0.3 is 15.4 Å². The van der Waals surface area contributed by atoms with Crippen molar-refractivity contribution in [3.8, 4) is 0 Å². The molecule has 0 bridgehead atoms. The highest BCUT2D eigenvalue weighted by molar-refractivity contribution is 6.22. The standard InChI is InChI=1S/C15H19N3O4/c1-9(2)18-13(19)11-5-4-10(8-12(11)14(18)20)17-15(21)16-6-7-22-3/h4-5,8-9H,6-7H2,1-3H3,(H2,16,17,21). The molecule has 0 aromatic heterocycles. The molecule has 7 nitrogen and oxygen atoms in total. The van der Waals surface area contributed by atoms with Gasteiger partial charge in [-0.15, -0.1) is 0 Å².